The summed E-state index contributed by atoms with van der Waals surface area (Å²) in [5.41, 5.74) is 1.24. The van der Waals surface area contributed by atoms with Crippen LogP contribution in [0.4, 0.5) is 0 Å². The number of amides is 1. The van der Waals surface area contributed by atoms with E-state index in [1.807, 2.05) is 0 Å². The van der Waals surface area contributed by atoms with Crippen LogP contribution in [0, 0.1) is 0 Å². The number of halogens is 1. The largest absolute Gasteiger partial charge is 0.352 e. The van der Waals surface area contributed by atoms with Crippen LogP contribution in [0.3, 0.4) is 0 Å². The summed E-state index contributed by atoms with van der Waals surface area (Å²) in [7, 11) is 1.50. The Morgan fingerprint density at radius 1 is 1.33 bits per heavy atom. The van der Waals surface area contributed by atoms with Crippen molar-refractivity contribution in [2.45, 2.75) is 11.3 Å². The molecule has 0 spiro atoms. The average Bonchev–Trinajstić information content (AvgIpc) is 2.16. The summed E-state index contributed by atoms with van der Waals surface area (Å²) in [6.07, 6.45) is 0.626. The Bertz CT molecular complexity index is 524. The van der Waals surface area contributed by atoms with Crippen molar-refractivity contribution in [3.8, 4) is 0 Å². The Morgan fingerprint density at radius 2 is 2.07 bits per heavy atom. The van der Waals surface area contributed by atoms with Gasteiger partial charge in [-0.2, -0.15) is 0 Å². The predicted octanol–water partition coefficient (Wildman–Crippen LogP) is 0.900. The lowest BCUT2D eigenvalue weighted by Crippen LogP contribution is -2.31. The lowest BCUT2D eigenvalue weighted by Gasteiger charge is -2.16. The number of rotatable bonds is 1. The van der Waals surface area contributed by atoms with Gasteiger partial charge in [-0.05, 0) is 30.2 Å². The zero-order chi connectivity index (χ0) is 11.1. The van der Waals surface area contributed by atoms with E-state index < -0.39 is 9.05 Å². The molecule has 1 aliphatic heterocycles. The third-order valence-corrected chi connectivity index (χ3v) is 3.63. The molecule has 0 aliphatic carbocycles. The topological polar surface area (TPSA) is 63.2 Å². The molecular formula is C9H8ClNO3S. The van der Waals surface area contributed by atoms with Gasteiger partial charge in [0.05, 0.1) is 4.90 Å². The fourth-order valence-electron chi connectivity index (χ4n) is 1.56. The molecular weight excluding hydrogens is 238 g/mol. The molecule has 0 unspecified atom stereocenters. The second-order valence-electron chi connectivity index (χ2n) is 3.26. The lowest BCUT2D eigenvalue weighted by atomic mass is 10.0. The minimum Gasteiger partial charge on any atom is -0.352 e. The van der Waals surface area contributed by atoms with E-state index in [-0.39, 0.29) is 10.8 Å². The van der Waals surface area contributed by atoms with Gasteiger partial charge in [-0.1, -0.05) is 0 Å². The van der Waals surface area contributed by atoms with Gasteiger partial charge in [0.1, 0.15) is 0 Å². The molecule has 0 fully saturated rings. The number of nitrogens with one attached hydrogen (secondary N) is 1. The van der Waals surface area contributed by atoms with Crippen molar-refractivity contribution in [3.63, 3.8) is 0 Å². The number of carbonyl (C=O) groups is 1. The first-order valence-corrected chi connectivity index (χ1v) is 6.65. The van der Waals surface area contributed by atoms with Crippen LogP contribution >= 0.6 is 10.7 Å². The van der Waals surface area contributed by atoms with Gasteiger partial charge < -0.3 is 5.32 Å². The number of benzene rings is 1. The minimum atomic E-state index is -3.71. The van der Waals surface area contributed by atoms with Crippen molar-refractivity contribution in [3.05, 3.63) is 29.3 Å². The highest BCUT2D eigenvalue weighted by atomic mass is 35.7. The van der Waals surface area contributed by atoms with Crippen LogP contribution in [0.2, 0.25) is 0 Å². The summed E-state index contributed by atoms with van der Waals surface area (Å²) in [5, 5.41) is 2.68. The molecule has 0 radical (unpaired) electrons. The number of hydrogen-bond acceptors (Lipinski definition) is 3. The van der Waals surface area contributed by atoms with E-state index >= 15 is 0 Å². The van der Waals surface area contributed by atoms with E-state index in [4.69, 9.17) is 10.7 Å². The number of hydrogen-bond donors (Lipinski definition) is 1. The molecule has 0 saturated heterocycles. The second kappa shape index (κ2) is 3.50. The maximum atomic E-state index is 11.4. The summed E-state index contributed by atoms with van der Waals surface area (Å²) in [5.74, 6) is -0.172. The normalized spacial score (nSPS) is 15.7. The Hall–Kier alpha value is -1.07. The van der Waals surface area contributed by atoms with Gasteiger partial charge in [-0.15, -0.1) is 0 Å². The fraction of sp³-hybridized carbons (Fsp3) is 0.222. The van der Waals surface area contributed by atoms with Gasteiger partial charge in [-0.3, -0.25) is 4.79 Å². The van der Waals surface area contributed by atoms with Crippen LogP contribution in [-0.2, 0) is 15.5 Å². The van der Waals surface area contributed by atoms with Crippen LogP contribution in [0.5, 0.6) is 0 Å². The molecule has 6 heteroatoms. The molecule has 2 rings (SSSR count). The molecule has 1 aromatic rings. The molecule has 0 saturated carbocycles. The Morgan fingerprint density at radius 3 is 2.73 bits per heavy atom. The van der Waals surface area contributed by atoms with Crippen LogP contribution < -0.4 is 5.32 Å². The van der Waals surface area contributed by atoms with Crippen LogP contribution in [0.25, 0.3) is 0 Å². The first-order chi connectivity index (χ1) is 6.98. The molecule has 4 nitrogen and oxygen atoms in total. The van der Waals surface area contributed by atoms with E-state index in [0.717, 1.165) is 5.56 Å². The SMILES string of the molecule is O=C1NCCc2cc(S(=O)(=O)Cl)ccc21. The van der Waals surface area contributed by atoms with Crippen LogP contribution in [0.1, 0.15) is 15.9 Å². The summed E-state index contributed by atoms with van der Waals surface area (Å²) in [6, 6.07) is 4.28. The van der Waals surface area contributed by atoms with Crippen LogP contribution in [0.15, 0.2) is 23.1 Å². The van der Waals surface area contributed by atoms with E-state index in [0.29, 0.717) is 18.5 Å². The zero-order valence-electron chi connectivity index (χ0n) is 7.66. The predicted molar refractivity (Wildman–Crippen MR) is 55.5 cm³/mol. The third-order valence-electron chi connectivity index (χ3n) is 2.28. The highest BCUT2D eigenvalue weighted by molar-refractivity contribution is 8.13. The standard InChI is InChI=1S/C9H8ClNO3S/c10-15(13,14)7-1-2-8-6(5-7)3-4-11-9(8)12/h1-2,5H,3-4H2,(H,11,12). The van der Waals surface area contributed by atoms with E-state index in [1.165, 1.54) is 18.2 Å². The van der Waals surface area contributed by atoms with Gasteiger partial charge in [0.2, 0.25) is 0 Å². The zero-order valence-corrected chi connectivity index (χ0v) is 9.23. The van der Waals surface area contributed by atoms with Crippen molar-refractivity contribution in [2.75, 3.05) is 6.54 Å². The summed E-state index contributed by atoms with van der Waals surface area (Å²) >= 11 is 0. The molecule has 1 aromatic carbocycles. The van der Waals surface area contributed by atoms with Crippen molar-refractivity contribution < 1.29 is 13.2 Å². The first-order valence-electron chi connectivity index (χ1n) is 4.34. The molecule has 0 bridgehead atoms. The summed E-state index contributed by atoms with van der Waals surface area (Å²) in [6.45, 7) is 0.525. The fourth-order valence-corrected chi connectivity index (χ4v) is 2.36. The average molecular weight is 246 g/mol. The van der Waals surface area contributed by atoms with Gasteiger partial charge in [0.15, 0.2) is 0 Å². The quantitative estimate of drug-likeness (QED) is 0.748. The van der Waals surface area contributed by atoms with E-state index in [2.05, 4.69) is 5.32 Å². The smallest absolute Gasteiger partial charge is 0.261 e. The first kappa shape index (κ1) is 10.4. The van der Waals surface area contributed by atoms with Gasteiger partial charge in [0.25, 0.3) is 15.0 Å². The van der Waals surface area contributed by atoms with Gasteiger partial charge in [-0.25, -0.2) is 8.42 Å². The minimum absolute atomic E-state index is 0.0395. The molecule has 1 amide bonds. The highest BCUT2D eigenvalue weighted by Gasteiger charge is 2.19. The molecule has 15 heavy (non-hydrogen) atoms. The van der Waals surface area contributed by atoms with Crippen LogP contribution in [-0.4, -0.2) is 20.9 Å². The Labute approximate surface area is 91.7 Å². The maximum Gasteiger partial charge on any atom is 0.261 e. The van der Waals surface area contributed by atoms with Gasteiger partial charge in [0, 0.05) is 22.8 Å². The molecule has 1 aliphatic rings. The number of fused-ring (bicyclic) bond motifs is 1. The molecule has 0 atom stereocenters. The lowest BCUT2D eigenvalue weighted by molar-refractivity contribution is 0.0946. The van der Waals surface area contributed by atoms with Crippen molar-refractivity contribution >= 4 is 25.6 Å². The second-order valence-corrected chi connectivity index (χ2v) is 5.83. The van der Waals surface area contributed by atoms with E-state index in [1.54, 1.807) is 0 Å². The maximum absolute atomic E-state index is 11.4. The van der Waals surface area contributed by atoms with Crippen molar-refractivity contribution in [1.29, 1.82) is 0 Å². The molecule has 80 valence electrons. The summed E-state index contributed by atoms with van der Waals surface area (Å²) in [4.78, 5) is 11.4. The molecule has 0 aromatic heterocycles. The Balaban J connectivity index is 2.56. The Kier molecular flexibility index (Phi) is 2.44. The van der Waals surface area contributed by atoms with E-state index in [9.17, 15) is 13.2 Å². The summed E-state index contributed by atoms with van der Waals surface area (Å²) < 4.78 is 22.1. The molecule has 1 heterocycles. The van der Waals surface area contributed by atoms with Gasteiger partial charge >= 0.3 is 0 Å². The van der Waals surface area contributed by atoms with Crippen molar-refractivity contribution in [2.24, 2.45) is 0 Å². The van der Waals surface area contributed by atoms with Crippen molar-refractivity contribution in [1.82, 2.24) is 5.32 Å². The monoisotopic (exact) mass is 245 g/mol. The highest BCUT2D eigenvalue weighted by Crippen LogP contribution is 2.21. The third kappa shape index (κ3) is 1.98. The number of carbonyl (C=O) groups excluding carboxylic acids is 1. The molecule has 1 N–H and O–H groups in total.